The number of rotatable bonds is 8. The van der Waals surface area contributed by atoms with Crippen molar-refractivity contribution in [2.75, 3.05) is 0 Å². The first-order chi connectivity index (χ1) is 15.6. The molecule has 4 aromatic carbocycles. The van der Waals surface area contributed by atoms with Crippen LogP contribution < -0.4 is 4.74 Å². The van der Waals surface area contributed by atoms with Crippen molar-refractivity contribution in [1.82, 2.24) is 0 Å². The lowest BCUT2D eigenvalue weighted by atomic mass is 10.1. The predicted octanol–water partition coefficient (Wildman–Crippen LogP) is 6.64. The van der Waals surface area contributed by atoms with E-state index in [0.717, 1.165) is 21.0 Å². The molecular weight excluding hydrogens is 472 g/mol. The van der Waals surface area contributed by atoms with Crippen molar-refractivity contribution in [1.29, 1.82) is 0 Å². The molecule has 0 bridgehead atoms. The normalized spacial score (nSPS) is 11.0. The number of fused-ring (bicyclic) bond motifs is 1. The Balaban J connectivity index is 1.45. The van der Waals surface area contributed by atoms with Gasteiger partial charge in [-0.05, 0) is 40.1 Å². The van der Waals surface area contributed by atoms with Crippen LogP contribution in [0, 0.1) is 10.1 Å². The third-order valence-electron chi connectivity index (χ3n) is 4.85. The Bertz CT molecular complexity index is 1280. The molecule has 160 valence electrons. The lowest BCUT2D eigenvalue weighted by Gasteiger charge is -2.11. The van der Waals surface area contributed by atoms with Crippen molar-refractivity contribution < 1.29 is 14.5 Å². The maximum atomic E-state index is 10.9. The van der Waals surface area contributed by atoms with Crippen LogP contribution in [0.25, 0.3) is 10.8 Å². The van der Waals surface area contributed by atoms with Gasteiger partial charge < -0.3 is 9.57 Å². The van der Waals surface area contributed by atoms with Gasteiger partial charge in [0.25, 0.3) is 5.69 Å². The summed E-state index contributed by atoms with van der Waals surface area (Å²) < 4.78 is 6.99. The van der Waals surface area contributed by atoms with E-state index < -0.39 is 4.92 Å². The van der Waals surface area contributed by atoms with Gasteiger partial charge in [-0.2, -0.15) is 0 Å². The lowest BCUT2D eigenvalue weighted by molar-refractivity contribution is -0.384. The number of nitro benzene ring substituents is 1. The van der Waals surface area contributed by atoms with Gasteiger partial charge in [-0.25, -0.2) is 0 Å². The van der Waals surface area contributed by atoms with E-state index in [0.29, 0.717) is 17.9 Å². The van der Waals surface area contributed by atoms with Gasteiger partial charge in [0.15, 0.2) is 0 Å². The Morgan fingerprint density at radius 3 is 2.62 bits per heavy atom. The molecule has 32 heavy (non-hydrogen) atoms. The summed E-state index contributed by atoms with van der Waals surface area (Å²) in [6.45, 7) is 0.538. The second-order valence-electron chi connectivity index (χ2n) is 7.04. The van der Waals surface area contributed by atoms with Crippen LogP contribution in [0.5, 0.6) is 5.75 Å². The average molecular weight is 491 g/mol. The van der Waals surface area contributed by atoms with Crippen molar-refractivity contribution in [2.45, 2.75) is 13.2 Å². The maximum Gasteiger partial charge on any atom is 0.269 e. The molecule has 4 aromatic rings. The molecule has 6 nitrogen and oxygen atoms in total. The molecule has 0 amide bonds. The minimum atomic E-state index is -0.437. The third-order valence-corrected chi connectivity index (χ3v) is 5.35. The van der Waals surface area contributed by atoms with Crippen LogP contribution in [-0.4, -0.2) is 11.1 Å². The summed E-state index contributed by atoms with van der Waals surface area (Å²) in [4.78, 5) is 15.8. The summed E-state index contributed by atoms with van der Waals surface area (Å²) >= 11 is 3.47. The fourth-order valence-corrected chi connectivity index (χ4v) is 3.67. The average Bonchev–Trinajstić information content (AvgIpc) is 2.81. The second-order valence-corrected chi connectivity index (χ2v) is 7.96. The Morgan fingerprint density at radius 1 is 0.938 bits per heavy atom. The first kappa shape index (κ1) is 21.5. The molecule has 0 saturated heterocycles. The highest BCUT2D eigenvalue weighted by molar-refractivity contribution is 9.10. The molecule has 0 fully saturated rings. The first-order valence-electron chi connectivity index (χ1n) is 9.88. The van der Waals surface area contributed by atoms with Crippen LogP contribution in [0.4, 0.5) is 5.69 Å². The summed E-state index contributed by atoms with van der Waals surface area (Å²) in [6, 6.07) is 26.3. The van der Waals surface area contributed by atoms with E-state index in [1.807, 2.05) is 36.4 Å². The van der Waals surface area contributed by atoms with Gasteiger partial charge in [0.1, 0.15) is 19.0 Å². The van der Waals surface area contributed by atoms with Gasteiger partial charge in [-0.1, -0.05) is 75.7 Å². The van der Waals surface area contributed by atoms with Gasteiger partial charge in [0, 0.05) is 22.2 Å². The molecule has 0 saturated carbocycles. The largest absolute Gasteiger partial charge is 0.488 e. The number of non-ortho nitro benzene ring substituents is 1. The lowest BCUT2D eigenvalue weighted by Crippen LogP contribution is -1.99. The molecule has 0 aliphatic carbocycles. The van der Waals surface area contributed by atoms with E-state index in [2.05, 4.69) is 45.4 Å². The van der Waals surface area contributed by atoms with E-state index in [1.165, 1.54) is 17.5 Å². The molecule has 0 atom stereocenters. The zero-order valence-corrected chi connectivity index (χ0v) is 18.6. The number of nitrogens with zero attached hydrogens (tertiary/aromatic N) is 2. The van der Waals surface area contributed by atoms with Gasteiger partial charge in [0.05, 0.1) is 11.1 Å². The molecule has 0 spiro atoms. The highest BCUT2D eigenvalue weighted by Gasteiger charge is 2.07. The topological polar surface area (TPSA) is 74.0 Å². The number of oxime groups is 1. The van der Waals surface area contributed by atoms with E-state index in [1.54, 1.807) is 18.3 Å². The molecule has 0 unspecified atom stereocenters. The maximum absolute atomic E-state index is 10.9. The standard InChI is InChI=1S/C25H19BrN2O4/c26-22-11-12-25(31-17-20-8-4-7-19-6-1-2-10-24(19)20)21(14-22)15-27-32-16-18-5-3-9-23(13-18)28(29)30/h1-15H,16-17H2/b27-15-. The minimum Gasteiger partial charge on any atom is -0.488 e. The molecule has 0 aliphatic rings. The van der Waals surface area contributed by atoms with Crippen LogP contribution in [0.15, 0.2) is 94.6 Å². The molecular formula is C25H19BrN2O4. The quantitative estimate of drug-likeness (QED) is 0.157. The molecule has 0 radical (unpaired) electrons. The molecule has 4 rings (SSSR count). The van der Waals surface area contributed by atoms with E-state index >= 15 is 0 Å². The Kier molecular flexibility index (Phi) is 6.77. The fourth-order valence-electron chi connectivity index (χ4n) is 3.29. The van der Waals surface area contributed by atoms with Gasteiger partial charge in [-0.15, -0.1) is 0 Å². The smallest absolute Gasteiger partial charge is 0.269 e. The monoisotopic (exact) mass is 490 g/mol. The first-order valence-corrected chi connectivity index (χ1v) is 10.7. The summed E-state index contributed by atoms with van der Waals surface area (Å²) in [5, 5.41) is 17.2. The van der Waals surface area contributed by atoms with Crippen molar-refractivity contribution in [3.05, 3.63) is 116 Å². The highest BCUT2D eigenvalue weighted by Crippen LogP contribution is 2.25. The van der Waals surface area contributed by atoms with Gasteiger partial charge >= 0.3 is 0 Å². The van der Waals surface area contributed by atoms with E-state index in [-0.39, 0.29) is 12.3 Å². The van der Waals surface area contributed by atoms with Gasteiger partial charge in [-0.3, -0.25) is 10.1 Å². The Hall–Kier alpha value is -3.71. The zero-order chi connectivity index (χ0) is 22.3. The third kappa shape index (κ3) is 5.31. The molecule has 0 heterocycles. The molecule has 7 heteroatoms. The second kappa shape index (κ2) is 10.1. The predicted molar refractivity (Wildman–Crippen MR) is 128 cm³/mol. The fraction of sp³-hybridized carbons (Fsp3) is 0.0800. The van der Waals surface area contributed by atoms with Crippen LogP contribution in [0.3, 0.4) is 0 Å². The van der Waals surface area contributed by atoms with Crippen LogP contribution in [-0.2, 0) is 18.1 Å². The summed E-state index contributed by atoms with van der Waals surface area (Å²) in [5.41, 5.74) is 2.53. The van der Waals surface area contributed by atoms with Crippen molar-refractivity contribution in [3.63, 3.8) is 0 Å². The van der Waals surface area contributed by atoms with Crippen LogP contribution in [0.1, 0.15) is 16.7 Å². The zero-order valence-electron chi connectivity index (χ0n) is 17.0. The summed E-state index contributed by atoms with van der Waals surface area (Å²) in [7, 11) is 0. The van der Waals surface area contributed by atoms with E-state index in [9.17, 15) is 10.1 Å². The van der Waals surface area contributed by atoms with E-state index in [4.69, 9.17) is 9.57 Å². The van der Waals surface area contributed by atoms with Crippen molar-refractivity contribution in [2.24, 2.45) is 5.16 Å². The van der Waals surface area contributed by atoms with Crippen molar-refractivity contribution >= 4 is 38.6 Å². The van der Waals surface area contributed by atoms with Gasteiger partial charge in [0.2, 0.25) is 0 Å². The van der Waals surface area contributed by atoms with Crippen molar-refractivity contribution in [3.8, 4) is 5.75 Å². The number of halogens is 1. The molecule has 0 N–H and O–H groups in total. The highest BCUT2D eigenvalue weighted by atomic mass is 79.9. The minimum absolute atomic E-state index is 0.0196. The number of hydrogen-bond acceptors (Lipinski definition) is 5. The Morgan fingerprint density at radius 2 is 1.75 bits per heavy atom. The Labute approximate surface area is 193 Å². The number of nitro groups is 1. The number of hydrogen-bond donors (Lipinski definition) is 0. The number of ether oxygens (including phenoxy) is 1. The summed E-state index contributed by atoms with van der Waals surface area (Å²) in [5.74, 6) is 0.670. The molecule has 0 aliphatic heterocycles. The number of benzene rings is 4. The van der Waals surface area contributed by atoms with Crippen LogP contribution in [0.2, 0.25) is 0 Å². The SMILES string of the molecule is O=[N+]([O-])c1cccc(CO/N=C\c2cc(Br)ccc2OCc2cccc3ccccc23)c1. The van der Waals surface area contributed by atoms with Crippen LogP contribution >= 0.6 is 15.9 Å². The summed E-state index contributed by atoms with van der Waals surface area (Å²) in [6.07, 6.45) is 1.57. The molecule has 0 aromatic heterocycles.